The summed E-state index contributed by atoms with van der Waals surface area (Å²) in [4.78, 5) is 23.3. The molecule has 0 aromatic heterocycles. The lowest BCUT2D eigenvalue weighted by Crippen LogP contribution is -2.12. The average molecular weight is 287 g/mol. The van der Waals surface area contributed by atoms with E-state index in [0.29, 0.717) is 11.3 Å². The second-order valence-electron chi connectivity index (χ2n) is 4.22. The van der Waals surface area contributed by atoms with Crippen LogP contribution in [-0.2, 0) is 4.74 Å². The highest BCUT2D eigenvalue weighted by atomic mass is 16.5. The summed E-state index contributed by atoms with van der Waals surface area (Å²) < 4.78 is 4.57. The van der Waals surface area contributed by atoms with Crippen LogP contribution in [0.4, 0.5) is 5.69 Å². The Morgan fingerprint density at radius 1 is 1.05 bits per heavy atom. The molecule has 0 radical (unpaired) electrons. The molecular formula is C15H13NO5. The number of ether oxygens (including phenoxy) is 1. The van der Waals surface area contributed by atoms with Gasteiger partial charge in [0.1, 0.15) is 11.5 Å². The number of anilines is 1. The lowest BCUT2D eigenvalue weighted by atomic mass is 10.1. The van der Waals surface area contributed by atoms with Crippen LogP contribution in [0, 0.1) is 0 Å². The van der Waals surface area contributed by atoms with E-state index in [0.717, 1.165) is 6.07 Å². The van der Waals surface area contributed by atoms with Gasteiger partial charge in [0.2, 0.25) is 0 Å². The number of carbonyl (C=O) groups excluding carboxylic acids is 2. The molecule has 6 heteroatoms. The van der Waals surface area contributed by atoms with Crippen LogP contribution < -0.4 is 5.32 Å². The van der Waals surface area contributed by atoms with E-state index in [9.17, 15) is 19.8 Å². The third kappa shape index (κ3) is 3.30. The maximum Gasteiger partial charge on any atom is 0.337 e. The zero-order valence-electron chi connectivity index (χ0n) is 11.2. The van der Waals surface area contributed by atoms with Crippen molar-refractivity contribution in [2.45, 2.75) is 0 Å². The molecule has 0 fully saturated rings. The van der Waals surface area contributed by atoms with Crippen molar-refractivity contribution in [2.75, 3.05) is 12.4 Å². The minimum atomic E-state index is -0.575. The SMILES string of the molecule is COC(=O)c1ccc(NC(=O)c2cc(O)ccc2O)cc1. The monoisotopic (exact) mass is 287 g/mol. The fraction of sp³-hybridized carbons (Fsp3) is 0.0667. The number of aromatic hydroxyl groups is 2. The van der Waals surface area contributed by atoms with Gasteiger partial charge >= 0.3 is 5.97 Å². The van der Waals surface area contributed by atoms with E-state index >= 15 is 0 Å². The molecule has 21 heavy (non-hydrogen) atoms. The first kappa shape index (κ1) is 14.4. The first-order chi connectivity index (χ1) is 10.0. The van der Waals surface area contributed by atoms with Gasteiger partial charge in [-0.1, -0.05) is 0 Å². The van der Waals surface area contributed by atoms with E-state index in [1.54, 1.807) is 0 Å². The Kier molecular flexibility index (Phi) is 4.08. The van der Waals surface area contributed by atoms with Crippen molar-refractivity contribution in [3.8, 4) is 11.5 Å². The number of nitrogens with one attached hydrogen (secondary N) is 1. The number of benzene rings is 2. The van der Waals surface area contributed by atoms with E-state index < -0.39 is 11.9 Å². The minimum Gasteiger partial charge on any atom is -0.508 e. The number of amides is 1. The molecule has 6 nitrogen and oxygen atoms in total. The Hall–Kier alpha value is -3.02. The summed E-state index contributed by atoms with van der Waals surface area (Å²) >= 11 is 0. The Morgan fingerprint density at radius 3 is 2.33 bits per heavy atom. The predicted molar refractivity (Wildman–Crippen MR) is 75.5 cm³/mol. The van der Waals surface area contributed by atoms with Crippen molar-refractivity contribution in [1.82, 2.24) is 0 Å². The molecule has 0 unspecified atom stereocenters. The van der Waals surface area contributed by atoms with Crippen LogP contribution in [0.25, 0.3) is 0 Å². The van der Waals surface area contributed by atoms with Gasteiger partial charge in [0.25, 0.3) is 5.91 Å². The smallest absolute Gasteiger partial charge is 0.337 e. The van der Waals surface area contributed by atoms with E-state index in [1.165, 1.54) is 43.5 Å². The zero-order chi connectivity index (χ0) is 15.4. The summed E-state index contributed by atoms with van der Waals surface area (Å²) in [5.41, 5.74) is 0.748. The first-order valence-corrected chi connectivity index (χ1v) is 6.03. The van der Waals surface area contributed by atoms with E-state index in [4.69, 9.17) is 0 Å². The minimum absolute atomic E-state index is 0.0490. The molecular weight excluding hydrogens is 274 g/mol. The largest absolute Gasteiger partial charge is 0.508 e. The topological polar surface area (TPSA) is 95.9 Å². The number of phenols is 2. The Bertz CT molecular complexity index is 679. The number of hydrogen-bond acceptors (Lipinski definition) is 5. The zero-order valence-corrected chi connectivity index (χ0v) is 11.2. The summed E-state index contributed by atoms with van der Waals surface area (Å²) in [6.45, 7) is 0. The molecule has 0 aliphatic heterocycles. The molecule has 0 spiro atoms. The van der Waals surface area contributed by atoms with Crippen LogP contribution in [0.3, 0.4) is 0 Å². The number of phenolic OH excluding ortho intramolecular Hbond substituents is 2. The second-order valence-corrected chi connectivity index (χ2v) is 4.22. The molecule has 0 saturated carbocycles. The molecule has 0 aliphatic carbocycles. The predicted octanol–water partition coefficient (Wildman–Crippen LogP) is 2.14. The van der Waals surface area contributed by atoms with Gasteiger partial charge in [-0.2, -0.15) is 0 Å². The maximum atomic E-state index is 12.0. The number of rotatable bonds is 3. The van der Waals surface area contributed by atoms with Gasteiger partial charge in [-0.05, 0) is 42.5 Å². The molecule has 2 aromatic carbocycles. The quantitative estimate of drug-likeness (QED) is 0.593. The number of hydrogen-bond donors (Lipinski definition) is 3. The molecule has 2 aromatic rings. The highest BCUT2D eigenvalue weighted by Crippen LogP contribution is 2.23. The van der Waals surface area contributed by atoms with Gasteiger partial charge in [-0.25, -0.2) is 4.79 Å². The van der Waals surface area contributed by atoms with Crippen LogP contribution in [0.2, 0.25) is 0 Å². The van der Waals surface area contributed by atoms with Crippen molar-refractivity contribution >= 4 is 17.6 Å². The second kappa shape index (κ2) is 5.96. The third-order valence-electron chi connectivity index (χ3n) is 2.79. The molecule has 108 valence electrons. The van der Waals surface area contributed by atoms with Crippen molar-refractivity contribution in [3.63, 3.8) is 0 Å². The Balaban J connectivity index is 2.16. The van der Waals surface area contributed by atoms with Crippen LogP contribution in [0.5, 0.6) is 11.5 Å². The molecule has 0 bridgehead atoms. The molecule has 1 amide bonds. The fourth-order valence-corrected chi connectivity index (χ4v) is 1.71. The molecule has 0 aliphatic rings. The summed E-state index contributed by atoms with van der Waals surface area (Å²) in [6, 6.07) is 9.73. The third-order valence-corrected chi connectivity index (χ3v) is 2.79. The molecule has 2 rings (SSSR count). The molecule has 0 heterocycles. The van der Waals surface area contributed by atoms with Gasteiger partial charge in [-0.3, -0.25) is 4.79 Å². The summed E-state index contributed by atoms with van der Waals surface area (Å²) in [5.74, 6) is -1.41. The summed E-state index contributed by atoms with van der Waals surface area (Å²) in [6.07, 6.45) is 0. The first-order valence-electron chi connectivity index (χ1n) is 6.03. The number of carbonyl (C=O) groups is 2. The van der Waals surface area contributed by atoms with Crippen LogP contribution in [0.1, 0.15) is 20.7 Å². The summed E-state index contributed by atoms with van der Waals surface area (Å²) in [5, 5.41) is 21.5. The van der Waals surface area contributed by atoms with E-state index in [-0.39, 0.29) is 17.1 Å². The normalized spacial score (nSPS) is 9.95. The van der Waals surface area contributed by atoms with E-state index in [2.05, 4.69) is 10.1 Å². The highest BCUT2D eigenvalue weighted by molar-refractivity contribution is 6.06. The average Bonchev–Trinajstić information content (AvgIpc) is 2.49. The van der Waals surface area contributed by atoms with Gasteiger partial charge in [0, 0.05) is 5.69 Å². The number of methoxy groups -OCH3 is 1. The lowest BCUT2D eigenvalue weighted by Gasteiger charge is -2.08. The molecule has 3 N–H and O–H groups in total. The van der Waals surface area contributed by atoms with Gasteiger partial charge in [0.15, 0.2) is 0 Å². The van der Waals surface area contributed by atoms with Crippen molar-refractivity contribution in [2.24, 2.45) is 0 Å². The van der Waals surface area contributed by atoms with Crippen molar-refractivity contribution in [3.05, 3.63) is 53.6 Å². The van der Waals surface area contributed by atoms with Gasteiger partial charge < -0.3 is 20.3 Å². The summed E-state index contributed by atoms with van der Waals surface area (Å²) in [7, 11) is 1.28. The standard InChI is InChI=1S/C15H13NO5/c1-21-15(20)9-2-4-10(5-3-9)16-14(19)12-8-11(17)6-7-13(12)18/h2-8,17-18H,1H3,(H,16,19). The Labute approximate surface area is 120 Å². The van der Waals surface area contributed by atoms with Crippen molar-refractivity contribution < 1.29 is 24.5 Å². The van der Waals surface area contributed by atoms with Gasteiger partial charge in [0.05, 0.1) is 18.2 Å². The van der Waals surface area contributed by atoms with E-state index in [1.807, 2.05) is 0 Å². The van der Waals surface area contributed by atoms with Crippen molar-refractivity contribution in [1.29, 1.82) is 0 Å². The Morgan fingerprint density at radius 2 is 1.71 bits per heavy atom. The van der Waals surface area contributed by atoms with Crippen LogP contribution in [0.15, 0.2) is 42.5 Å². The number of esters is 1. The maximum absolute atomic E-state index is 12.0. The van der Waals surface area contributed by atoms with Crippen LogP contribution in [-0.4, -0.2) is 29.2 Å². The molecule has 0 atom stereocenters. The molecule has 0 saturated heterocycles. The lowest BCUT2D eigenvalue weighted by molar-refractivity contribution is 0.0600. The highest BCUT2D eigenvalue weighted by Gasteiger charge is 2.12. The van der Waals surface area contributed by atoms with Gasteiger partial charge in [-0.15, -0.1) is 0 Å². The van der Waals surface area contributed by atoms with Crippen LogP contribution >= 0.6 is 0 Å². The fourth-order valence-electron chi connectivity index (χ4n) is 1.71.